The van der Waals surface area contributed by atoms with Gasteiger partial charge in [-0.2, -0.15) is 0 Å². The highest BCUT2D eigenvalue weighted by atomic mass is 16.6. The van der Waals surface area contributed by atoms with Crippen LogP contribution in [0.15, 0.2) is 24.3 Å². The van der Waals surface area contributed by atoms with E-state index in [2.05, 4.69) is 0 Å². The van der Waals surface area contributed by atoms with E-state index in [4.69, 9.17) is 19.3 Å². The lowest BCUT2D eigenvalue weighted by Crippen LogP contribution is -2.37. The molecule has 1 N–H and O–H groups in total. The molecule has 158 valence electrons. The van der Waals surface area contributed by atoms with Crippen molar-refractivity contribution in [3.8, 4) is 5.75 Å². The molecule has 0 saturated heterocycles. The van der Waals surface area contributed by atoms with Gasteiger partial charge >= 0.3 is 12.1 Å². The van der Waals surface area contributed by atoms with E-state index in [0.717, 1.165) is 12.0 Å². The van der Waals surface area contributed by atoms with Crippen molar-refractivity contribution in [2.24, 2.45) is 5.92 Å². The van der Waals surface area contributed by atoms with Crippen molar-refractivity contribution in [3.05, 3.63) is 29.8 Å². The molecule has 1 atom stereocenters. The van der Waals surface area contributed by atoms with Crippen LogP contribution < -0.4 is 4.74 Å². The van der Waals surface area contributed by atoms with E-state index in [1.807, 2.05) is 32.9 Å². The highest BCUT2D eigenvalue weighted by Crippen LogP contribution is 2.15. The summed E-state index contributed by atoms with van der Waals surface area (Å²) in [7, 11) is 0. The highest BCUT2D eigenvalue weighted by molar-refractivity contribution is 5.72. The van der Waals surface area contributed by atoms with Crippen LogP contribution in [0.1, 0.15) is 39.7 Å². The lowest BCUT2D eigenvalue weighted by Gasteiger charge is -2.24. The summed E-state index contributed by atoms with van der Waals surface area (Å²) < 4.78 is 16.2. The third-order valence-corrected chi connectivity index (χ3v) is 3.89. The molecule has 0 aliphatic rings. The quantitative estimate of drug-likeness (QED) is 0.549. The smallest absolute Gasteiger partial charge is 0.409 e. The summed E-state index contributed by atoms with van der Waals surface area (Å²) in [5, 5.41) is 9.16. The van der Waals surface area contributed by atoms with Crippen molar-refractivity contribution in [3.63, 3.8) is 0 Å². The molecule has 7 nitrogen and oxygen atoms in total. The highest BCUT2D eigenvalue weighted by Gasteiger charge is 2.18. The van der Waals surface area contributed by atoms with E-state index in [-0.39, 0.29) is 6.09 Å². The Morgan fingerprint density at radius 1 is 1.11 bits per heavy atom. The van der Waals surface area contributed by atoms with Crippen molar-refractivity contribution in [2.75, 3.05) is 32.9 Å². The monoisotopic (exact) mass is 395 g/mol. The van der Waals surface area contributed by atoms with Gasteiger partial charge in [-0.3, -0.25) is 0 Å². The molecule has 0 spiro atoms. The molecule has 0 radical (unpaired) electrons. The fraction of sp³-hybridized carbons (Fsp3) is 0.619. The Kier molecular flexibility index (Phi) is 11.0. The predicted molar refractivity (Wildman–Crippen MR) is 107 cm³/mol. The molecule has 1 rings (SSSR count). The van der Waals surface area contributed by atoms with Gasteiger partial charge in [-0.25, -0.2) is 9.59 Å². The maximum absolute atomic E-state index is 12.1. The van der Waals surface area contributed by atoms with Gasteiger partial charge in [0.25, 0.3) is 0 Å². The Balaban J connectivity index is 2.54. The zero-order valence-electron chi connectivity index (χ0n) is 17.3. The largest absolute Gasteiger partial charge is 0.492 e. The summed E-state index contributed by atoms with van der Waals surface area (Å²) in [6.45, 7) is 9.99. The zero-order chi connectivity index (χ0) is 20.9. The second-order valence-corrected chi connectivity index (χ2v) is 6.93. The Morgan fingerprint density at radius 2 is 1.79 bits per heavy atom. The Bertz CT molecular complexity index is 587. The van der Waals surface area contributed by atoms with Gasteiger partial charge in [0.05, 0.1) is 13.2 Å². The number of hydrogen-bond donors (Lipinski definition) is 1. The molecule has 0 bridgehead atoms. The second-order valence-electron chi connectivity index (χ2n) is 6.93. The van der Waals surface area contributed by atoms with Crippen LogP contribution in [-0.4, -0.2) is 61.1 Å². The maximum Gasteiger partial charge on any atom is 0.409 e. The summed E-state index contributed by atoms with van der Waals surface area (Å²) in [6.07, 6.45) is -0.0778. The van der Waals surface area contributed by atoms with Gasteiger partial charge in [-0.05, 0) is 37.0 Å². The number of amides is 1. The lowest BCUT2D eigenvalue weighted by atomic mass is 10.1. The molecule has 0 saturated carbocycles. The first-order valence-electron chi connectivity index (χ1n) is 9.85. The molecule has 7 heteroatoms. The van der Waals surface area contributed by atoms with E-state index < -0.39 is 12.1 Å². The molecule has 28 heavy (non-hydrogen) atoms. The minimum Gasteiger partial charge on any atom is -0.492 e. The minimum absolute atomic E-state index is 0.300. The van der Waals surface area contributed by atoms with Gasteiger partial charge < -0.3 is 24.2 Å². The first kappa shape index (κ1) is 23.8. The van der Waals surface area contributed by atoms with Gasteiger partial charge in [-0.1, -0.05) is 32.9 Å². The SMILES string of the molecule is CCCOC(=O)N(CCOc1ccc(CC(OCC)C(=O)O)cc1)CC(C)C. The summed E-state index contributed by atoms with van der Waals surface area (Å²) in [5.41, 5.74) is 0.859. The topological polar surface area (TPSA) is 85.3 Å². The molecule has 0 aromatic heterocycles. The van der Waals surface area contributed by atoms with Gasteiger partial charge in [0.15, 0.2) is 6.10 Å². The van der Waals surface area contributed by atoms with Crippen molar-refractivity contribution < 1.29 is 28.9 Å². The third kappa shape index (κ3) is 9.08. The standard InChI is InChI=1S/C21H33NO6/c1-5-12-28-21(25)22(15-16(3)4)11-13-27-18-9-7-17(8-10-18)14-19(20(23)24)26-6-2/h7-10,16,19H,5-6,11-15H2,1-4H3,(H,23,24). The van der Waals surface area contributed by atoms with Crippen LogP contribution in [0.4, 0.5) is 4.79 Å². The van der Waals surface area contributed by atoms with E-state index in [1.54, 1.807) is 24.0 Å². The third-order valence-electron chi connectivity index (χ3n) is 3.89. The van der Waals surface area contributed by atoms with E-state index >= 15 is 0 Å². The van der Waals surface area contributed by atoms with Gasteiger partial charge in [0.2, 0.25) is 0 Å². The maximum atomic E-state index is 12.1. The first-order valence-corrected chi connectivity index (χ1v) is 9.85. The predicted octanol–water partition coefficient (Wildman–Crippen LogP) is 3.60. The number of hydrogen-bond acceptors (Lipinski definition) is 5. The molecular formula is C21H33NO6. The fourth-order valence-electron chi connectivity index (χ4n) is 2.61. The number of carboxylic acids is 1. The number of carboxylic acid groups (broad SMARTS) is 1. The van der Waals surface area contributed by atoms with Crippen LogP contribution in [0.25, 0.3) is 0 Å². The molecule has 1 aromatic rings. The van der Waals surface area contributed by atoms with Crippen molar-refractivity contribution in [1.82, 2.24) is 4.90 Å². The minimum atomic E-state index is -0.970. The van der Waals surface area contributed by atoms with Crippen LogP contribution in [0.5, 0.6) is 5.75 Å². The number of benzene rings is 1. The average molecular weight is 395 g/mol. The molecule has 1 amide bonds. The van der Waals surface area contributed by atoms with Gasteiger partial charge in [0.1, 0.15) is 12.4 Å². The van der Waals surface area contributed by atoms with E-state index in [1.165, 1.54) is 0 Å². The van der Waals surface area contributed by atoms with Crippen LogP contribution in [0, 0.1) is 5.92 Å². The lowest BCUT2D eigenvalue weighted by molar-refractivity contribution is -0.149. The second kappa shape index (κ2) is 13.0. The zero-order valence-corrected chi connectivity index (χ0v) is 17.3. The number of aliphatic carboxylic acids is 1. The van der Waals surface area contributed by atoms with Crippen LogP contribution >= 0.6 is 0 Å². The molecule has 0 fully saturated rings. The summed E-state index contributed by atoms with van der Waals surface area (Å²) in [5.74, 6) is 0.0295. The summed E-state index contributed by atoms with van der Waals surface area (Å²) in [6, 6.07) is 7.24. The van der Waals surface area contributed by atoms with Gasteiger partial charge in [0, 0.05) is 19.6 Å². The number of carbonyl (C=O) groups is 2. The normalized spacial score (nSPS) is 11.9. The molecule has 1 aromatic carbocycles. The Labute approximate surface area is 167 Å². The van der Waals surface area contributed by atoms with Crippen LogP contribution in [0.3, 0.4) is 0 Å². The molecule has 0 aliphatic heterocycles. The summed E-state index contributed by atoms with van der Waals surface area (Å²) >= 11 is 0. The average Bonchev–Trinajstić information content (AvgIpc) is 2.65. The number of ether oxygens (including phenoxy) is 3. The molecule has 0 aliphatic carbocycles. The van der Waals surface area contributed by atoms with Crippen LogP contribution in [0.2, 0.25) is 0 Å². The molecule has 0 heterocycles. The fourth-order valence-corrected chi connectivity index (χ4v) is 2.61. The molecule has 1 unspecified atom stereocenters. The van der Waals surface area contributed by atoms with E-state index in [0.29, 0.717) is 51.0 Å². The number of nitrogens with zero attached hydrogens (tertiary/aromatic N) is 1. The first-order chi connectivity index (χ1) is 13.4. The van der Waals surface area contributed by atoms with Crippen molar-refractivity contribution >= 4 is 12.1 Å². The van der Waals surface area contributed by atoms with E-state index in [9.17, 15) is 9.59 Å². The van der Waals surface area contributed by atoms with Gasteiger partial charge in [-0.15, -0.1) is 0 Å². The number of rotatable bonds is 13. The molecular weight excluding hydrogens is 362 g/mol. The summed E-state index contributed by atoms with van der Waals surface area (Å²) in [4.78, 5) is 25.0. The Morgan fingerprint density at radius 3 is 2.32 bits per heavy atom. The van der Waals surface area contributed by atoms with Crippen molar-refractivity contribution in [2.45, 2.75) is 46.6 Å². The van der Waals surface area contributed by atoms with Crippen LogP contribution in [-0.2, 0) is 20.7 Å². The Hall–Kier alpha value is -2.28. The van der Waals surface area contributed by atoms with Crippen molar-refractivity contribution in [1.29, 1.82) is 0 Å². The number of carbonyl (C=O) groups excluding carboxylic acids is 1.